The molecule has 5 nitrogen and oxygen atoms in total. The number of carbonyl (C=O) groups excluding carboxylic acids is 1. The lowest BCUT2D eigenvalue weighted by molar-refractivity contribution is -0.142. The molecule has 4 rings (SSSR count). The molecule has 3 aromatic carbocycles. The van der Waals surface area contributed by atoms with Crippen LogP contribution in [0.15, 0.2) is 71.1 Å². The lowest BCUT2D eigenvalue weighted by Gasteiger charge is -2.04. The van der Waals surface area contributed by atoms with E-state index in [-0.39, 0.29) is 12.4 Å². The molecule has 0 bridgehead atoms. The van der Waals surface area contributed by atoms with Crippen LogP contribution in [0.25, 0.3) is 22.6 Å². The van der Waals surface area contributed by atoms with Crippen molar-refractivity contribution in [3.05, 3.63) is 77.3 Å². The van der Waals surface area contributed by atoms with E-state index in [1.165, 1.54) is 0 Å². The number of nitrogens with zero attached hydrogens (tertiary/aromatic N) is 1. The largest absolute Gasteiger partial charge is 0.466 e. The number of ether oxygens (including phenoxy) is 2. The van der Waals surface area contributed by atoms with Crippen molar-refractivity contribution in [1.82, 2.24) is 4.98 Å². The molecule has 29 heavy (non-hydrogen) atoms. The Hall–Kier alpha value is -3.31. The van der Waals surface area contributed by atoms with Crippen LogP contribution in [0.1, 0.15) is 12.5 Å². The molecule has 4 aromatic rings. The fraction of sp³-hybridized carbons (Fsp3) is 0.130. The Morgan fingerprint density at radius 2 is 1.72 bits per heavy atom. The molecule has 0 aliphatic rings. The number of rotatable bonds is 6. The first-order valence-electron chi connectivity index (χ1n) is 9.19. The molecule has 0 aliphatic heterocycles. The van der Waals surface area contributed by atoms with Gasteiger partial charge < -0.3 is 13.9 Å². The average Bonchev–Trinajstić information content (AvgIpc) is 3.14. The second-order valence-corrected chi connectivity index (χ2v) is 6.82. The van der Waals surface area contributed by atoms with Crippen LogP contribution in [-0.4, -0.2) is 17.6 Å². The average molecular weight is 408 g/mol. The molecule has 0 spiro atoms. The van der Waals surface area contributed by atoms with Gasteiger partial charge in [-0.1, -0.05) is 23.7 Å². The van der Waals surface area contributed by atoms with Crippen molar-refractivity contribution in [2.45, 2.75) is 13.3 Å². The zero-order chi connectivity index (χ0) is 20.2. The van der Waals surface area contributed by atoms with Gasteiger partial charge in [-0.15, -0.1) is 0 Å². The third-order valence-corrected chi connectivity index (χ3v) is 4.52. The Labute approximate surface area is 172 Å². The van der Waals surface area contributed by atoms with Crippen LogP contribution < -0.4 is 4.74 Å². The van der Waals surface area contributed by atoms with Gasteiger partial charge in [0.15, 0.2) is 5.58 Å². The van der Waals surface area contributed by atoms with Crippen LogP contribution in [0.5, 0.6) is 11.5 Å². The SMILES string of the molecule is CCOC(=O)Cc1ccc(-c2nc3ccc(Oc4ccc(Cl)cc4)cc3o2)cc1. The van der Waals surface area contributed by atoms with Crippen molar-refractivity contribution in [2.75, 3.05) is 6.61 Å². The van der Waals surface area contributed by atoms with E-state index in [1.807, 2.05) is 36.4 Å². The zero-order valence-corrected chi connectivity index (χ0v) is 16.5. The summed E-state index contributed by atoms with van der Waals surface area (Å²) in [5, 5.41) is 0.654. The van der Waals surface area contributed by atoms with Gasteiger partial charge in [0.2, 0.25) is 5.89 Å². The van der Waals surface area contributed by atoms with Crippen molar-refractivity contribution in [1.29, 1.82) is 0 Å². The van der Waals surface area contributed by atoms with Crippen molar-refractivity contribution in [2.24, 2.45) is 0 Å². The van der Waals surface area contributed by atoms with E-state index >= 15 is 0 Å². The van der Waals surface area contributed by atoms with Gasteiger partial charge in [-0.05, 0) is 61.0 Å². The Morgan fingerprint density at radius 3 is 2.45 bits per heavy atom. The molecular formula is C23H18ClNO4. The summed E-state index contributed by atoms with van der Waals surface area (Å²) < 4.78 is 16.7. The molecule has 6 heteroatoms. The summed E-state index contributed by atoms with van der Waals surface area (Å²) in [4.78, 5) is 16.1. The third kappa shape index (κ3) is 4.58. The molecule has 0 radical (unpaired) electrons. The maximum absolute atomic E-state index is 11.6. The van der Waals surface area contributed by atoms with Crippen LogP contribution >= 0.6 is 11.6 Å². The molecule has 0 unspecified atom stereocenters. The van der Waals surface area contributed by atoms with Gasteiger partial charge in [-0.3, -0.25) is 4.79 Å². The molecule has 0 saturated heterocycles. The van der Waals surface area contributed by atoms with Crippen molar-refractivity contribution in [3.8, 4) is 23.0 Å². The first-order chi connectivity index (χ1) is 14.1. The molecule has 0 saturated carbocycles. The standard InChI is InChI=1S/C23H18ClNO4/c1-2-27-22(26)13-15-3-5-16(6-4-15)23-25-20-12-11-19(14-21(20)29-23)28-18-9-7-17(24)8-10-18/h3-12,14H,2,13H2,1H3. The molecule has 1 heterocycles. The summed E-state index contributed by atoms with van der Waals surface area (Å²) in [7, 11) is 0. The summed E-state index contributed by atoms with van der Waals surface area (Å²) in [6.45, 7) is 2.17. The quantitative estimate of drug-likeness (QED) is 0.364. The summed E-state index contributed by atoms with van der Waals surface area (Å²) in [6.07, 6.45) is 0.243. The fourth-order valence-electron chi connectivity index (χ4n) is 2.87. The van der Waals surface area contributed by atoms with Gasteiger partial charge in [-0.25, -0.2) is 4.98 Å². The first kappa shape index (κ1) is 19.0. The smallest absolute Gasteiger partial charge is 0.310 e. The van der Waals surface area contributed by atoms with Gasteiger partial charge >= 0.3 is 5.97 Å². The van der Waals surface area contributed by atoms with E-state index in [9.17, 15) is 4.79 Å². The fourth-order valence-corrected chi connectivity index (χ4v) is 3.00. The topological polar surface area (TPSA) is 61.6 Å². The van der Waals surface area contributed by atoms with E-state index < -0.39 is 0 Å². The normalized spacial score (nSPS) is 10.8. The number of hydrogen-bond acceptors (Lipinski definition) is 5. The number of oxazole rings is 1. The van der Waals surface area contributed by atoms with E-state index in [2.05, 4.69) is 4.98 Å². The van der Waals surface area contributed by atoms with Crippen molar-refractivity contribution in [3.63, 3.8) is 0 Å². The number of halogens is 1. The number of carbonyl (C=O) groups is 1. The van der Waals surface area contributed by atoms with Crippen molar-refractivity contribution >= 4 is 28.7 Å². The molecular weight excluding hydrogens is 390 g/mol. The lowest BCUT2D eigenvalue weighted by atomic mass is 10.1. The second-order valence-electron chi connectivity index (χ2n) is 6.38. The van der Waals surface area contributed by atoms with Gasteiger partial charge in [0.1, 0.15) is 17.0 Å². The Bertz CT molecular complexity index is 1130. The van der Waals surface area contributed by atoms with Gasteiger partial charge in [0.25, 0.3) is 0 Å². The summed E-state index contributed by atoms with van der Waals surface area (Å²) in [6, 6.07) is 20.1. The predicted molar refractivity (Wildman–Crippen MR) is 111 cm³/mol. The number of fused-ring (bicyclic) bond motifs is 1. The molecule has 1 aromatic heterocycles. The van der Waals surface area contributed by atoms with Gasteiger partial charge in [0.05, 0.1) is 13.0 Å². The minimum Gasteiger partial charge on any atom is -0.466 e. The van der Waals surface area contributed by atoms with Gasteiger partial charge in [0, 0.05) is 16.7 Å². The predicted octanol–water partition coefficient (Wildman–Crippen LogP) is 6.05. The summed E-state index contributed by atoms with van der Waals surface area (Å²) >= 11 is 5.90. The molecule has 0 fully saturated rings. The van der Waals surface area contributed by atoms with E-state index in [1.54, 1.807) is 37.3 Å². The number of esters is 1. The van der Waals surface area contributed by atoms with E-state index in [0.29, 0.717) is 34.6 Å². The highest BCUT2D eigenvalue weighted by atomic mass is 35.5. The third-order valence-electron chi connectivity index (χ3n) is 4.26. The molecule has 0 amide bonds. The van der Waals surface area contributed by atoms with Crippen LogP contribution in [-0.2, 0) is 16.0 Å². The van der Waals surface area contributed by atoms with Crippen LogP contribution in [0, 0.1) is 0 Å². The number of hydrogen-bond donors (Lipinski definition) is 0. The lowest BCUT2D eigenvalue weighted by Crippen LogP contribution is -2.07. The van der Waals surface area contributed by atoms with Crippen LogP contribution in [0.4, 0.5) is 0 Å². The maximum Gasteiger partial charge on any atom is 0.310 e. The highest BCUT2D eigenvalue weighted by molar-refractivity contribution is 6.30. The molecule has 146 valence electrons. The highest BCUT2D eigenvalue weighted by Crippen LogP contribution is 2.30. The maximum atomic E-state index is 11.6. The first-order valence-corrected chi connectivity index (χ1v) is 9.57. The summed E-state index contributed by atoms with van der Waals surface area (Å²) in [5.41, 5.74) is 3.07. The molecule has 0 atom stereocenters. The minimum atomic E-state index is -0.240. The number of aromatic nitrogens is 1. The number of benzene rings is 3. The Morgan fingerprint density at radius 1 is 1.00 bits per heavy atom. The minimum absolute atomic E-state index is 0.240. The molecule has 0 aliphatic carbocycles. The monoisotopic (exact) mass is 407 g/mol. The highest BCUT2D eigenvalue weighted by Gasteiger charge is 2.11. The zero-order valence-electron chi connectivity index (χ0n) is 15.7. The Balaban J connectivity index is 1.52. The molecule has 0 N–H and O–H groups in total. The van der Waals surface area contributed by atoms with Gasteiger partial charge in [-0.2, -0.15) is 0 Å². The summed E-state index contributed by atoms with van der Waals surface area (Å²) in [5.74, 6) is 1.60. The van der Waals surface area contributed by atoms with Crippen LogP contribution in [0.3, 0.4) is 0 Å². The van der Waals surface area contributed by atoms with E-state index in [4.69, 9.17) is 25.5 Å². The van der Waals surface area contributed by atoms with Crippen molar-refractivity contribution < 1.29 is 18.7 Å². The van der Waals surface area contributed by atoms with E-state index in [0.717, 1.165) is 16.6 Å². The van der Waals surface area contributed by atoms with Crippen LogP contribution in [0.2, 0.25) is 5.02 Å². The second kappa shape index (κ2) is 8.37. The Kier molecular flexibility index (Phi) is 5.49.